The van der Waals surface area contributed by atoms with E-state index in [2.05, 4.69) is 29.5 Å². The maximum absolute atomic E-state index is 12.6. The van der Waals surface area contributed by atoms with Gasteiger partial charge in [-0.1, -0.05) is 46.5 Å². The molecule has 0 rings (SSSR count). The van der Waals surface area contributed by atoms with E-state index in [-0.39, 0.29) is 24.3 Å². The third kappa shape index (κ3) is 11.3. The predicted molar refractivity (Wildman–Crippen MR) is 109 cm³/mol. The molecule has 0 aromatic rings. The lowest BCUT2D eigenvalue weighted by Gasteiger charge is -2.26. The summed E-state index contributed by atoms with van der Waals surface area (Å²) in [7, 11) is 0. The van der Waals surface area contributed by atoms with Gasteiger partial charge in [0.1, 0.15) is 6.04 Å². The summed E-state index contributed by atoms with van der Waals surface area (Å²) in [4.78, 5) is 39.2. The molecule has 0 aromatic carbocycles. The lowest BCUT2D eigenvalue weighted by atomic mass is 9.86. The lowest BCUT2D eigenvalue weighted by Crippen LogP contribution is -2.50. The molecule has 1 atom stereocenters. The van der Waals surface area contributed by atoms with Crippen LogP contribution in [-0.4, -0.2) is 41.9 Å². The van der Waals surface area contributed by atoms with Crippen LogP contribution in [0.3, 0.4) is 0 Å². The minimum absolute atomic E-state index is 0.170. The SMILES string of the molecule is CCCC(C)(C)C(=O)N[C@@H](CCCN=C(N)N[N+](=O)[O-])C(=O)NCCC(C)C. The van der Waals surface area contributed by atoms with E-state index in [1.165, 1.54) is 0 Å². The summed E-state index contributed by atoms with van der Waals surface area (Å²) >= 11 is 0. The van der Waals surface area contributed by atoms with Crippen LogP contribution in [-0.2, 0) is 9.59 Å². The molecule has 0 aliphatic carbocycles. The number of carbonyl (C=O) groups is 2. The summed E-state index contributed by atoms with van der Waals surface area (Å²) in [6.45, 7) is 10.6. The molecule has 0 unspecified atom stereocenters. The standard InChI is InChI=1S/C18H36N6O4/c1-6-10-18(4,5)16(26)22-14(15(25)20-12-9-13(2)3)8-7-11-21-17(19)23-24(27)28/h13-14H,6-12H2,1-5H3,(H,20,25)(H,22,26)(H3,19,21,23)/t14-/m0/s1. The minimum atomic E-state index is -0.792. The number of hydrogen-bond donors (Lipinski definition) is 4. The monoisotopic (exact) mass is 400 g/mol. The third-order valence-corrected chi connectivity index (χ3v) is 4.27. The number of nitrogens with two attached hydrogens (primary N) is 1. The van der Waals surface area contributed by atoms with Crippen LogP contribution in [0.2, 0.25) is 0 Å². The van der Waals surface area contributed by atoms with Crippen LogP contribution in [0.15, 0.2) is 4.99 Å². The molecule has 0 radical (unpaired) electrons. The van der Waals surface area contributed by atoms with E-state index in [0.717, 1.165) is 12.8 Å². The van der Waals surface area contributed by atoms with Gasteiger partial charge in [0.15, 0.2) is 5.03 Å². The average molecular weight is 401 g/mol. The van der Waals surface area contributed by atoms with Gasteiger partial charge < -0.3 is 16.4 Å². The number of amides is 2. The fourth-order valence-corrected chi connectivity index (χ4v) is 2.59. The number of hydrazine groups is 1. The van der Waals surface area contributed by atoms with Crippen molar-refractivity contribution in [1.82, 2.24) is 16.1 Å². The zero-order valence-corrected chi connectivity index (χ0v) is 17.7. The van der Waals surface area contributed by atoms with E-state index in [0.29, 0.717) is 31.7 Å². The quantitative estimate of drug-likeness (QED) is 0.120. The second kappa shape index (κ2) is 12.9. The average Bonchev–Trinajstić information content (AvgIpc) is 2.56. The highest BCUT2D eigenvalue weighted by molar-refractivity contribution is 5.89. The smallest absolute Gasteiger partial charge is 0.251 e. The van der Waals surface area contributed by atoms with Crippen molar-refractivity contribution in [3.63, 3.8) is 0 Å². The highest BCUT2D eigenvalue weighted by Crippen LogP contribution is 2.22. The first kappa shape index (κ1) is 25.6. The zero-order valence-electron chi connectivity index (χ0n) is 17.7. The van der Waals surface area contributed by atoms with Crippen molar-refractivity contribution >= 4 is 17.8 Å². The molecule has 0 bridgehead atoms. The molecule has 0 aliphatic heterocycles. The van der Waals surface area contributed by atoms with Crippen LogP contribution in [0.5, 0.6) is 0 Å². The molecular weight excluding hydrogens is 364 g/mol. The molecule has 0 heterocycles. The Balaban J connectivity index is 4.86. The lowest BCUT2D eigenvalue weighted by molar-refractivity contribution is -0.525. The number of guanidine groups is 1. The number of nitrogens with one attached hydrogen (secondary N) is 3. The Kier molecular flexibility index (Phi) is 11.8. The Hall–Kier alpha value is -2.39. The molecule has 0 saturated heterocycles. The van der Waals surface area contributed by atoms with Gasteiger partial charge in [-0.05, 0) is 31.6 Å². The first-order valence-electron chi connectivity index (χ1n) is 9.79. The number of rotatable bonds is 13. The molecule has 5 N–H and O–H groups in total. The Bertz CT molecular complexity index is 548. The summed E-state index contributed by atoms with van der Waals surface area (Å²) in [6, 6.07) is -0.685. The minimum Gasteiger partial charge on any atom is -0.365 e. The van der Waals surface area contributed by atoms with E-state index in [4.69, 9.17) is 5.73 Å². The Morgan fingerprint density at radius 3 is 2.43 bits per heavy atom. The van der Waals surface area contributed by atoms with E-state index in [9.17, 15) is 19.7 Å². The van der Waals surface area contributed by atoms with E-state index in [1.54, 1.807) is 5.43 Å². The summed E-state index contributed by atoms with van der Waals surface area (Å²) in [5.74, 6) is -0.239. The van der Waals surface area contributed by atoms with Gasteiger partial charge in [0.05, 0.1) is 0 Å². The third-order valence-electron chi connectivity index (χ3n) is 4.27. The molecule has 162 valence electrons. The zero-order chi connectivity index (χ0) is 21.7. The van der Waals surface area contributed by atoms with Gasteiger partial charge in [0.2, 0.25) is 11.8 Å². The fourth-order valence-electron chi connectivity index (χ4n) is 2.59. The summed E-state index contributed by atoms with van der Waals surface area (Å²) in [5.41, 5.74) is 6.56. The second-order valence-corrected chi connectivity index (χ2v) is 7.91. The van der Waals surface area contributed by atoms with Gasteiger partial charge in [0.25, 0.3) is 5.96 Å². The van der Waals surface area contributed by atoms with E-state index >= 15 is 0 Å². The van der Waals surface area contributed by atoms with Gasteiger partial charge >= 0.3 is 0 Å². The maximum Gasteiger partial charge on any atom is 0.251 e. The van der Waals surface area contributed by atoms with Gasteiger partial charge in [-0.2, -0.15) is 0 Å². The number of nitro groups is 1. The molecular formula is C18H36N6O4. The number of hydrogen-bond acceptors (Lipinski definition) is 5. The highest BCUT2D eigenvalue weighted by Gasteiger charge is 2.30. The van der Waals surface area contributed by atoms with Crippen LogP contribution in [0.4, 0.5) is 0 Å². The van der Waals surface area contributed by atoms with Gasteiger partial charge in [-0.15, -0.1) is 0 Å². The molecule has 0 fully saturated rings. The molecule has 10 heteroatoms. The fraction of sp³-hybridized carbons (Fsp3) is 0.833. The molecule has 0 aliphatic rings. The van der Waals surface area contributed by atoms with Gasteiger partial charge in [-0.25, -0.2) is 15.1 Å². The van der Waals surface area contributed by atoms with Crippen LogP contribution in [0.1, 0.15) is 66.7 Å². The predicted octanol–water partition coefficient (Wildman–Crippen LogP) is 1.34. The van der Waals surface area contributed by atoms with Crippen molar-refractivity contribution in [3.05, 3.63) is 10.1 Å². The molecule has 10 nitrogen and oxygen atoms in total. The van der Waals surface area contributed by atoms with Crippen molar-refractivity contribution in [1.29, 1.82) is 0 Å². The van der Waals surface area contributed by atoms with Crippen molar-refractivity contribution in [3.8, 4) is 0 Å². The number of aliphatic imine (C=N–C) groups is 1. The van der Waals surface area contributed by atoms with Crippen molar-refractivity contribution in [2.75, 3.05) is 13.1 Å². The van der Waals surface area contributed by atoms with Gasteiger partial charge in [0, 0.05) is 18.5 Å². The summed E-state index contributed by atoms with van der Waals surface area (Å²) < 4.78 is 0. The molecule has 0 aromatic heterocycles. The largest absolute Gasteiger partial charge is 0.365 e. The van der Waals surface area contributed by atoms with Crippen molar-refractivity contribution in [2.24, 2.45) is 22.1 Å². The van der Waals surface area contributed by atoms with E-state index < -0.39 is 16.5 Å². The Morgan fingerprint density at radius 2 is 1.89 bits per heavy atom. The van der Waals surface area contributed by atoms with Crippen LogP contribution in [0.25, 0.3) is 0 Å². The Labute approximate surface area is 167 Å². The normalized spacial score (nSPS) is 13.1. The van der Waals surface area contributed by atoms with Gasteiger partial charge in [-0.3, -0.25) is 9.59 Å². The number of carbonyl (C=O) groups excluding carboxylic acids is 2. The van der Waals surface area contributed by atoms with Crippen LogP contribution >= 0.6 is 0 Å². The Morgan fingerprint density at radius 1 is 1.25 bits per heavy atom. The molecule has 0 saturated carbocycles. The van der Waals surface area contributed by atoms with Crippen LogP contribution in [0, 0.1) is 21.4 Å². The molecule has 0 spiro atoms. The maximum atomic E-state index is 12.6. The molecule has 28 heavy (non-hydrogen) atoms. The van der Waals surface area contributed by atoms with Crippen molar-refractivity contribution in [2.45, 2.75) is 72.8 Å². The molecule has 2 amide bonds. The van der Waals surface area contributed by atoms with E-state index in [1.807, 2.05) is 20.8 Å². The first-order valence-corrected chi connectivity index (χ1v) is 9.79. The summed E-state index contributed by atoms with van der Waals surface area (Å²) in [5, 5.41) is 15.2. The topological polar surface area (TPSA) is 152 Å². The summed E-state index contributed by atoms with van der Waals surface area (Å²) in [6.07, 6.45) is 3.23. The highest BCUT2D eigenvalue weighted by atomic mass is 16.7. The second-order valence-electron chi connectivity index (χ2n) is 7.91. The van der Waals surface area contributed by atoms with Crippen molar-refractivity contribution < 1.29 is 14.6 Å². The van der Waals surface area contributed by atoms with Crippen LogP contribution < -0.4 is 21.8 Å². The number of nitrogens with zero attached hydrogens (tertiary/aromatic N) is 2. The first-order chi connectivity index (χ1) is 13.0.